The van der Waals surface area contributed by atoms with E-state index in [4.69, 9.17) is 11.6 Å². The Morgan fingerprint density at radius 1 is 1.60 bits per heavy atom. The van der Waals surface area contributed by atoms with Gasteiger partial charge in [0.25, 0.3) is 5.91 Å². The lowest BCUT2D eigenvalue weighted by Crippen LogP contribution is -2.22. The lowest BCUT2D eigenvalue weighted by molar-refractivity contribution is -0.124. The Morgan fingerprint density at radius 3 is 3.00 bits per heavy atom. The van der Waals surface area contributed by atoms with Gasteiger partial charge in [0.05, 0.1) is 6.21 Å². The number of carbonyl (C=O) groups excluding carboxylic acids is 1. The fourth-order valence-corrected chi connectivity index (χ4v) is 1.10. The zero-order valence-electron chi connectivity index (χ0n) is 8.24. The smallest absolute Gasteiger partial charge is 0.266 e. The molecule has 0 aromatic heterocycles. The second-order valence-electron chi connectivity index (χ2n) is 2.75. The average Bonchev–Trinajstić information content (AvgIpc) is 2.21. The summed E-state index contributed by atoms with van der Waals surface area (Å²) in [6, 6.07) is 7.21. The van der Waals surface area contributed by atoms with Gasteiger partial charge in [-0.25, -0.2) is 5.43 Å². The van der Waals surface area contributed by atoms with Crippen molar-refractivity contribution in [3.8, 4) is 0 Å². The van der Waals surface area contributed by atoms with Gasteiger partial charge in [-0.1, -0.05) is 29.8 Å². The van der Waals surface area contributed by atoms with Crippen molar-refractivity contribution >= 4 is 23.7 Å². The van der Waals surface area contributed by atoms with Gasteiger partial charge < -0.3 is 4.74 Å². The Hall–Kier alpha value is -1.39. The standard InChI is InChI=1S/C10H11ClN2O2/c1-15-7-10(14)13-12-6-8-4-2-3-5-9(8)11/h2-6H,7H2,1H3,(H,13,14). The molecule has 1 amide bonds. The molecule has 0 spiro atoms. The summed E-state index contributed by atoms with van der Waals surface area (Å²) in [5.74, 6) is -0.305. The lowest BCUT2D eigenvalue weighted by atomic mass is 10.2. The Kier molecular flexibility index (Phi) is 4.80. The maximum absolute atomic E-state index is 10.9. The van der Waals surface area contributed by atoms with E-state index < -0.39 is 0 Å². The second-order valence-corrected chi connectivity index (χ2v) is 3.15. The van der Waals surface area contributed by atoms with Crippen molar-refractivity contribution in [3.63, 3.8) is 0 Å². The first-order valence-electron chi connectivity index (χ1n) is 4.29. The van der Waals surface area contributed by atoms with Crippen molar-refractivity contribution in [2.75, 3.05) is 13.7 Å². The van der Waals surface area contributed by atoms with Crippen LogP contribution in [0.15, 0.2) is 29.4 Å². The number of benzene rings is 1. The first kappa shape index (κ1) is 11.7. The number of carbonyl (C=O) groups is 1. The van der Waals surface area contributed by atoms with Crippen LogP contribution >= 0.6 is 11.6 Å². The number of nitrogens with one attached hydrogen (secondary N) is 1. The summed E-state index contributed by atoms with van der Waals surface area (Å²) >= 11 is 5.87. The van der Waals surface area contributed by atoms with E-state index in [2.05, 4.69) is 15.3 Å². The molecule has 5 heteroatoms. The van der Waals surface area contributed by atoms with E-state index in [1.807, 2.05) is 12.1 Å². The van der Waals surface area contributed by atoms with Crippen molar-refractivity contribution < 1.29 is 9.53 Å². The maximum Gasteiger partial charge on any atom is 0.266 e. The normalized spacial score (nSPS) is 10.5. The van der Waals surface area contributed by atoms with Gasteiger partial charge in [-0.2, -0.15) is 5.10 Å². The van der Waals surface area contributed by atoms with E-state index in [0.717, 1.165) is 5.56 Å². The molecule has 15 heavy (non-hydrogen) atoms. The molecule has 0 aliphatic heterocycles. The molecule has 0 aliphatic carbocycles. The van der Waals surface area contributed by atoms with Crippen molar-refractivity contribution in [2.45, 2.75) is 0 Å². The summed E-state index contributed by atoms with van der Waals surface area (Å²) in [5, 5.41) is 4.32. The van der Waals surface area contributed by atoms with Crippen LogP contribution < -0.4 is 5.43 Å². The van der Waals surface area contributed by atoms with E-state index in [9.17, 15) is 4.79 Å². The van der Waals surface area contributed by atoms with Gasteiger partial charge in [0.2, 0.25) is 0 Å². The largest absolute Gasteiger partial charge is 0.375 e. The summed E-state index contributed by atoms with van der Waals surface area (Å²) in [7, 11) is 1.44. The van der Waals surface area contributed by atoms with Crippen molar-refractivity contribution in [1.29, 1.82) is 0 Å². The molecule has 0 radical (unpaired) electrons. The fourth-order valence-electron chi connectivity index (χ4n) is 0.917. The molecule has 0 saturated heterocycles. The minimum atomic E-state index is -0.305. The number of ether oxygens (including phenoxy) is 1. The minimum absolute atomic E-state index is 0.0140. The molecule has 0 aliphatic rings. The predicted molar refractivity (Wildman–Crippen MR) is 59.1 cm³/mol. The van der Waals surface area contributed by atoms with Crippen LogP contribution in [0.5, 0.6) is 0 Å². The molecular weight excluding hydrogens is 216 g/mol. The summed E-state index contributed by atoms with van der Waals surface area (Å²) in [6.45, 7) is -0.0140. The molecule has 0 bridgehead atoms. The van der Waals surface area contributed by atoms with Crippen LogP contribution in [0.25, 0.3) is 0 Å². The molecule has 0 saturated carbocycles. The number of amides is 1. The van der Waals surface area contributed by atoms with Crippen LogP contribution in [0, 0.1) is 0 Å². The Morgan fingerprint density at radius 2 is 2.33 bits per heavy atom. The van der Waals surface area contributed by atoms with Crippen LogP contribution in [0.1, 0.15) is 5.56 Å². The number of hydrazone groups is 1. The molecule has 0 fully saturated rings. The third-order valence-electron chi connectivity index (χ3n) is 1.57. The molecule has 80 valence electrons. The second kappa shape index (κ2) is 6.16. The van der Waals surface area contributed by atoms with Gasteiger partial charge in [-0.3, -0.25) is 4.79 Å². The van der Waals surface area contributed by atoms with E-state index in [-0.39, 0.29) is 12.5 Å². The van der Waals surface area contributed by atoms with Crippen LogP contribution in [0.2, 0.25) is 5.02 Å². The molecule has 0 atom stereocenters. The van der Waals surface area contributed by atoms with Crippen LogP contribution in [0.4, 0.5) is 0 Å². The highest BCUT2D eigenvalue weighted by Crippen LogP contribution is 2.11. The molecule has 4 nitrogen and oxygen atoms in total. The molecule has 1 aromatic rings. The van der Waals surface area contributed by atoms with E-state index >= 15 is 0 Å². The Bertz CT molecular complexity index is 366. The quantitative estimate of drug-likeness (QED) is 0.624. The zero-order valence-corrected chi connectivity index (χ0v) is 8.99. The predicted octanol–water partition coefficient (Wildman–Crippen LogP) is 1.44. The number of rotatable bonds is 4. The number of hydrogen-bond donors (Lipinski definition) is 1. The fraction of sp³-hybridized carbons (Fsp3) is 0.200. The first-order chi connectivity index (χ1) is 7.24. The van der Waals surface area contributed by atoms with Crippen LogP contribution in [-0.4, -0.2) is 25.8 Å². The number of hydrogen-bond acceptors (Lipinski definition) is 3. The molecule has 0 heterocycles. The summed E-state index contributed by atoms with van der Waals surface area (Å²) < 4.78 is 4.62. The summed E-state index contributed by atoms with van der Waals surface area (Å²) in [4.78, 5) is 10.9. The highest BCUT2D eigenvalue weighted by atomic mass is 35.5. The Balaban J connectivity index is 2.52. The molecular formula is C10H11ClN2O2. The van der Waals surface area contributed by atoms with Crippen LogP contribution in [-0.2, 0) is 9.53 Å². The first-order valence-corrected chi connectivity index (χ1v) is 4.67. The van der Waals surface area contributed by atoms with E-state index in [1.165, 1.54) is 13.3 Å². The lowest BCUT2D eigenvalue weighted by Gasteiger charge is -1.98. The van der Waals surface area contributed by atoms with Crippen LogP contribution in [0.3, 0.4) is 0 Å². The number of methoxy groups -OCH3 is 1. The van der Waals surface area contributed by atoms with E-state index in [1.54, 1.807) is 12.1 Å². The van der Waals surface area contributed by atoms with Gasteiger partial charge in [0.1, 0.15) is 6.61 Å². The maximum atomic E-state index is 10.9. The summed E-state index contributed by atoms with van der Waals surface area (Å²) in [6.07, 6.45) is 1.48. The number of nitrogens with zero attached hydrogens (tertiary/aromatic N) is 1. The van der Waals surface area contributed by atoms with E-state index in [0.29, 0.717) is 5.02 Å². The van der Waals surface area contributed by atoms with Gasteiger partial charge in [-0.15, -0.1) is 0 Å². The average molecular weight is 227 g/mol. The Labute approximate surface area is 92.9 Å². The third kappa shape index (κ3) is 4.10. The van der Waals surface area contributed by atoms with Gasteiger partial charge >= 0.3 is 0 Å². The topological polar surface area (TPSA) is 50.7 Å². The number of halogens is 1. The summed E-state index contributed by atoms with van der Waals surface area (Å²) in [5.41, 5.74) is 3.05. The molecule has 1 N–H and O–H groups in total. The van der Waals surface area contributed by atoms with Crippen molar-refractivity contribution in [1.82, 2.24) is 5.43 Å². The van der Waals surface area contributed by atoms with Crippen molar-refractivity contribution in [3.05, 3.63) is 34.9 Å². The van der Waals surface area contributed by atoms with Crippen molar-refractivity contribution in [2.24, 2.45) is 5.10 Å². The van der Waals surface area contributed by atoms with Gasteiger partial charge in [-0.05, 0) is 6.07 Å². The third-order valence-corrected chi connectivity index (χ3v) is 1.92. The van der Waals surface area contributed by atoms with Gasteiger partial charge in [0.15, 0.2) is 0 Å². The minimum Gasteiger partial charge on any atom is -0.375 e. The zero-order chi connectivity index (χ0) is 11.1. The molecule has 1 aromatic carbocycles. The molecule has 0 unspecified atom stereocenters. The van der Waals surface area contributed by atoms with Gasteiger partial charge in [0, 0.05) is 17.7 Å². The monoisotopic (exact) mass is 226 g/mol. The SMILES string of the molecule is COCC(=O)NN=Cc1ccccc1Cl. The highest BCUT2D eigenvalue weighted by molar-refractivity contribution is 6.33. The molecule has 1 rings (SSSR count). The highest BCUT2D eigenvalue weighted by Gasteiger charge is 1.97.